The number of para-hydroxylation sites is 1. The van der Waals surface area contributed by atoms with Crippen LogP contribution in [0.15, 0.2) is 24.3 Å². The van der Waals surface area contributed by atoms with Crippen LogP contribution < -0.4 is 0 Å². The van der Waals surface area contributed by atoms with Crippen LogP contribution in [0.25, 0.3) is 10.9 Å². The first-order valence-corrected chi connectivity index (χ1v) is 11.7. The van der Waals surface area contributed by atoms with E-state index in [2.05, 4.69) is 0 Å². The standard InChI is InChI=1S/C25H30N2O5/c1-3-22(29)25(14(2)28)12-19-16-8-4-5-10-20(16)27(32)23(19)21-11-18-15(13-26(21)25)7-6-9-17(18)24(30)31/h4-5,8,10,15,17-18,21,32H,3,6-7,9,11-13H2,1-2H3,(H,30,31)/t15-,17?,18-,21-,25?/m0/s1. The molecule has 0 spiro atoms. The van der Waals surface area contributed by atoms with Crippen molar-refractivity contribution in [3.8, 4) is 0 Å². The SMILES string of the molecule is CCC(=O)C1(C(C)=O)Cc2c(n(O)c3ccccc23)[C@@H]2C[C@@H]3C(C(=O)O)CCC[C@H]3CN21. The molecule has 170 valence electrons. The lowest BCUT2D eigenvalue weighted by Gasteiger charge is -2.56. The molecule has 0 bridgehead atoms. The minimum Gasteiger partial charge on any atom is -0.481 e. The van der Waals surface area contributed by atoms with Crippen LogP contribution in [0.4, 0.5) is 0 Å². The van der Waals surface area contributed by atoms with Crippen molar-refractivity contribution in [2.45, 2.75) is 64.0 Å². The molecule has 2 unspecified atom stereocenters. The normalized spacial score (nSPS) is 32.1. The van der Waals surface area contributed by atoms with Gasteiger partial charge in [0.05, 0.1) is 23.2 Å². The summed E-state index contributed by atoms with van der Waals surface area (Å²) in [6.45, 7) is 3.80. The molecule has 2 N–H and O–H groups in total. The van der Waals surface area contributed by atoms with Crippen molar-refractivity contribution in [1.29, 1.82) is 0 Å². The van der Waals surface area contributed by atoms with E-state index in [0.717, 1.165) is 23.8 Å². The first-order chi connectivity index (χ1) is 15.3. The number of nitrogens with zero attached hydrogens (tertiary/aromatic N) is 2. The molecule has 3 aliphatic rings. The van der Waals surface area contributed by atoms with Crippen molar-refractivity contribution < 1.29 is 24.7 Å². The van der Waals surface area contributed by atoms with Crippen LogP contribution in [0.1, 0.15) is 63.3 Å². The fourth-order valence-electron chi connectivity index (χ4n) is 6.96. The third-order valence-corrected chi connectivity index (χ3v) is 8.43. The molecule has 1 saturated carbocycles. The fourth-order valence-corrected chi connectivity index (χ4v) is 6.96. The number of ketones is 2. The first kappa shape index (κ1) is 21.2. The molecule has 2 fully saturated rings. The van der Waals surface area contributed by atoms with E-state index in [1.807, 2.05) is 29.2 Å². The Kier molecular flexibility index (Phi) is 4.93. The van der Waals surface area contributed by atoms with E-state index in [-0.39, 0.29) is 42.3 Å². The highest BCUT2D eigenvalue weighted by Crippen LogP contribution is 2.53. The Balaban J connectivity index is 1.73. The molecule has 32 heavy (non-hydrogen) atoms. The van der Waals surface area contributed by atoms with Crippen molar-refractivity contribution in [3.63, 3.8) is 0 Å². The lowest BCUT2D eigenvalue weighted by molar-refractivity contribution is -0.159. The molecule has 2 aliphatic heterocycles. The van der Waals surface area contributed by atoms with E-state index in [4.69, 9.17) is 0 Å². The van der Waals surface area contributed by atoms with Crippen LogP contribution in [0, 0.1) is 17.8 Å². The Bertz CT molecular complexity index is 1120. The second-order valence-corrected chi connectivity index (χ2v) is 9.77. The number of hydrogen-bond donors (Lipinski definition) is 2. The van der Waals surface area contributed by atoms with E-state index in [1.54, 1.807) is 6.92 Å². The Labute approximate surface area is 187 Å². The summed E-state index contributed by atoms with van der Waals surface area (Å²) in [5.41, 5.74) is 0.932. The second kappa shape index (κ2) is 7.44. The molecule has 0 radical (unpaired) electrons. The molecule has 1 saturated heterocycles. The van der Waals surface area contributed by atoms with Gasteiger partial charge in [0.25, 0.3) is 0 Å². The number of piperidine rings is 1. The molecule has 2 aromatic rings. The Morgan fingerprint density at radius 3 is 2.62 bits per heavy atom. The summed E-state index contributed by atoms with van der Waals surface area (Å²) in [6, 6.07) is 7.12. The highest BCUT2D eigenvalue weighted by atomic mass is 16.5. The Morgan fingerprint density at radius 2 is 1.94 bits per heavy atom. The zero-order chi connectivity index (χ0) is 22.8. The monoisotopic (exact) mass is 438 g/mol. The Morgan fingerprint density at radius 1 is 1.19 bits per heavy atom. The number of carboxylic acids is 1. The minimum atomic E-state index is -1.27. The summed E-state index contributed by atoms with van der Waals surface area (Å²) in [7, 11) is 0. The van der Waals surface area contributed by atoms with Gasteiger partial charge in [-0.2, -0.15) is 4.73 Å². The molecule has 5 rings (SSSR count). The zero-order valence-electron chi connectivity index (χ0n) is 18.6. The van der Waals surface area contributed by atoms with Crippen LogP contribution in [0.2, 0.25) is 0 Å². The molecule has 7 heteroatoms. The van der Waals surface area contributed by atoms with Gasteiger partial charge < -0.3 is 10.3 Å². The number of hydrogen-bond acceptors (Lipinski definition) is 5. The van der Waals surface area contributed by atoms with E-state index in [1.165, 1.54) is 11.7 Å². The fraction of sp³-hybridized carbons (Fsp3) is 0.560. The maximum atomic E-state index is 13.4. The van der Waals surface area contributed by atoms with Gasteiger partial charge in [0.1, 0.15) is 5.54 Å². The quantitative estimate of drug-likeness (QED) is 0.559. The molecular weight excluding hydrogens is 408 g/mol. The minimum absolute atomic E-state index is 0.0344. The van der Waals surface area contributed by atoms with Gasteiger partial charge in [-0.3, -0.25) is 19.3 Å². The van der Waals surface area contributed by atoms with Gasteiger partial charge in [0, 0.05) is 24.8 Å². The molecular formula is C25H30N2O5. The number of carbonyl (C=O) groups excluding carboxylic acids is 2. The molecule has 5 atom stereocenters. The largest absolute Gasteiger partial charge is 0.481 e. The van der Waals surface area contributed by atoms with E-state index in [9.17, 15) is 24.7 Å². The highest BCUT2D eigenvalue weighted by molar-refractivity contribution is 6.11. The molecule has 7 nitrogen and oxygen atoms in total. The summed E-state index contributed by atoms with van der Waals surface area (Å²) in [5.74, 6) is -1.36. The van der Waals surface area contributed by atoms with Crippen molar-refractivity contribution in [1.82, 2.24) is 9.63 Å². The van der Waals surface area contributed by atoms with Gasteiger partial charge in [-0.1, -0.05) is 31.5 Å². The number of fused-ring (bicyclic) bond motifs is 6. The number of carboxylic acid groups (broad SMARTS) is 1. The van der Waals surface area contributed by atoms with Crippen LogP contribution >= 0.6 is 0 Å². The van der Waals surface area contributed by atoms with Crippen LogP contribution in [-0.2, 0) is 20.8 Å². The van der Waals surface area contributed by atoms with Crippen molar-refractivity contribution in [3.05, 3.63) is 35.5 Å². The second-order valence-electron chi connectivity index (χ2n) is 9.77. The lowest BCUT2D eigenvalue weighted by Crippen LogP contribution is -2.67. The first-order valence-electron chi connectivity index (χ1n) is 11.7. The zero-order valence-corrected chi connectivity index (χ0v) is 18.6. The smallest absolute Gasteiger partial charge is 0.306 e. The number of aromatic nitrogens is 1. The molecule has 1 aromatic carbocycles. The van der Waals surface area contributed by atoms with Crippen molar-refractivity contribution in [2.75, 3.05) is 6.54 Å². The number of benzene rings is 1. The summed E-state index contributed by atoms with van der Waals surface area (Å²) in [4.78, 5) is 40.7. The molecule has 1 aliphatic carbocycles. The van der Waals surface area contributed by atoms with Gasteiger partial charge in [-0.25, -0.2) is 0 Å². The summed E-state index contributed by atoms with van der Waals surface area (Å²) >= 11 is 0. The van der Waals surface area contributed by atoms with Gasteiger partial charge in [-0.15, -0.1) is 0 Å². The number of rotatable bonds is 4. The Hall–Kier alpha value is -2.67. The van der Waals surface area contributed by atoms with Crippen LogP contribution in [-0.4, -0.2) is 49.6 Å². The number of aliphatic carboxylic acids is 1. The molecule has 3 heterocycles. The van der Waals surface area contributed by atoms with Crippen LogP contribution in [0.5, 0.6) is 0 Å². The molecule has 1 aromatic heterocycles. The van der Waals surface area contributed by atoms with Gasteiger partial charge in [0.2, 0.25) is 0 Å². The average Bonchev–Trinajstić information content (AvgIpc) is 3.08. The van der Waals surface area contributed by atoms with Crippen molar-refractivity contribution >= 4 is 28.4 Å². The predicted molar refractivity (Wildman–Crippen MR) is 118 cm³/mol. The van der Waals surface area contributed by atoms with Gasteiger partial charge in [-0.05, 0) is 49.7 Å². The van der Waals surface area contributed by atoms with E-state index >= 15 is 0 Å². The highest BCUT2D eigenvalue weighted by Gasteiger charge is 2.58. The number of carbonyl (C=O) groups is 3. The van der Waals surface area contributed by atoms with Crippen molar-refractivity contribution in [2.24, 2.45) is 17.8 Å². The third-order valence-electron chi connectivity index (χ3n) is 8.43. The maximum absolute atomic E-state index is 13.4. The van der Waals surface area contributed by atoms with E-state index < -0.39 is 17.4 Å². The summed E-state index contributed by atoms with van der Waals surface area (Å²) in [6.07, 6.45) is 3.43. The van der Waals surface area contributed by atoms with E-state index in [0.29, 0.717) is 30.6 Å². The van der Waals surface area contributed by atoms with Gasteiger partial charge >= 0.3 is 5.97 Å². The lowest BCUT2D eigenvalue weighted by atomic mass is 9.63. The number of Topliss-reactive ketones (excluding diaryl/α,β-unsaturated/α-hetero) is 2. The predicted octanol–water partition coefficient (Wildman–Crippen LogP) is 3.61. The summed E-state index contributed by atoms with van der Waals surface area (Å²) < 4.78 is 1.21. The van der Waals surface area contributed by atoms with Crippen LogP contribution in [0.3, 0.4) is 0 Å². The van der Waals surface area contributed by atoms with Gasteiger partial charge in [0.15, 0.2) is 11.6 Å². The average molecular weight is 439 g/mol. The third kappa shape index (κ3) is 2.73. The topological polar surface area (TPSA) is 99.8 Å². The summed E-state index contributed by atoms with van der Waals surface area (Å²) in [5, 5.41) is 21.9. The maximum Gasteiger partial charge on any atom is 0.306 e. The molecule has 0 amide bonds.